The number of benzene rings is 2. The summed E-state index contributed by atoms with van der Waals surface area (Å²) in [5.74, 6) is -0.521. The van der Waals surface area contributed by atoms with E-state index in [9.17, 15) is 8.78 Å². The van der Waals surface area contributed by atoms with Crippen LogP contribution in [0.4, 0.5) is 8.78 Å². The molecule has 0 amide bonds. The lowest BCUT2D eigenvalue weighted by Gasteiger charge is -2.18. The summed E-state index contributed by atoms with van der Waals surface area (Å²) in [6, 6.07) is 9.79. The second-order valence-electron chi connectivity index (χ2n) is 4.82. The van der Waals surface area contributed by atoms with Gasteiger partial charge in [0, 0.05) is 11.6 Å². The normalized spacial score (nSPS) is 12.4. The molecule has 0 saturated carbocycles. The molecule has 1 nitrogen and oxygen atoms in total. The van der Waals surface area contributed by atoms with E-state index < -0.39 is 0 Å². The summed E-state index contributed by atoms with van der Waals surface area (Å²) >= 11 is 3.17. The summed E-state index contributed by atoms with van der Waals surface area (Å²) in [5, 5.41) is 3.12. The summed E-state index contributed by atoms with van der Waals surface area (Å²) in [4.78, 5) is 0. The third kappa shape index (κ3) is 3.44. The minimum absolute atomic E-state index is 0.146. The lowest BCUT2D eigenvalue weighted by atomic mass is 9.97. The van der Waals surface area contributed by atoms with Gasteiger partial charge in [0.05, 0.1) is 4.47 Å². The van der Waals surface area contributed by atoms with Gasteiger partial charge in [0.15, 0.2) is 0 Å². The third-order valence-electron chi connectivity index (χ3n) is 3.30. The van der Waals surface area contributed by atoms with E-state index in [1.807, 2.05) is 13.0 Å². The number of rotatable bonds is 4. The maximum absolute atomic E-state index is 13.9. The molecule has 0 radical (unpaired) electrons. The summed E-state index contributed by atoms with van der Waals surface area (Å²) in [5.41, 5.74) is 2.59. The molecule has 0 aromatic heterocycles. The van der Waals surface area contributed by atoms with Crippen molar-refractivity contribution in [3.8, 4) is 0 Å². The molecule has 0 bridgehead atoms. The van der Waals surface area contributed by atoms with Crippen molar-refractivity contribution < 1.29 is 8.78 Å². The standard InChI is InChI=1S/C16H16BrF2N/c1-10-3-5-14(18)12(7-10)16(20-2)9-11-4-6-15(19)13(17)8-11/h3-8,16,20H,9H2,1-2H3. The molecule has 0 spiro atoms. The molecule has 4 heteroatoms. The van der Waals surface area contributed by atoms with Crippen LogP contribution in [0.2, 0.25) is 0 Å². The van der Waals surface area contributed by atoms with Gasteiger partial charge in [-0.1, -0.05) is 23.8 Å². The van der Waals surface area contributed by atoms with Crippen LogP contribution in [0, 0.1) is 18.6 Å². The van der Waals surface area contributed by atoms with Gasteiger partial charge in [-0.15, -0.1) is 0 Å². The van der Waals surface area contributed by atoms with E-state index in [1.54, 1.807) is 25.2 Å². The van der Waals surface area contributed by atoms with Crippen molar-refractivity contribution in [2.75, 3.05) is 7.05 Å². The Bertz CT molecular complexity index is 613. The lowest BCUT2D eigenvalue weighted by Crippen LogP contribution is -2.20. The van der Waals surface area contributed by atoms with Gasteiger partial charge in [-0.3, -0.25) is 0 Å². The van der Waals surface area contributed by atoms with Crippen molar-refractivity contribution in [3.05, 3.63) is 69.2 Å². The van der Waals surface area contributed by atoms with Crippen molar-refractivity contribution >= 4 is 15.9 Å². The van der Waals surface area contributed by atoms with Gasteiger partial charge in [-0.05, 0) is 60.1 Å². The highest BCUT2D eigenvalue weighted by atomic mass is 79.9. The zero-order valence-electron chi connectivity index (χ0n) is 11.4. The molecule has 1 unspecified atom stereocenters. The Hall–Kier alpha value is -1.26. The highest BCUT2D eigenvalue weighted by molar-refractivity contribution is 9.10. The Labute approximate surface area is 126 Å². The number of likely N-dealkylation sites (N-methyl/N-ethyl adjacent to an activating group) is 1. The van der Waals surface area contributed by atoms with E-state index in [4.69, 9.17) is 0 Å². The molecule has 1 atom stereocenters. The fraction of sp³-hybridized carbons (Fsp3) is 0.250. The smallest absolute Gasteiger partial charge is 0.137 e. The number of hydrogen-bond donors (Lipinski definition) is 1. The Morgan fingerprint density at radius 3 is 2.45 bits per heavy atom. The van der Waals surface area contributed by atoms with Crippen molar-refractivity contribution in [2.45, 2.75) is 19.4 Å². The van der Waals surface area contributed by atoms with Crippen LogP contribution in [0.1, 0.15) is 22.7 Å². The predicted octanol–water partition coefficient (Wildman–Crippen LogP) is 4.54. The minimum atomic E-state index is -0.295. The van der Waals surface area contributed by atoms with E-state index in [-0.39, 0.29) is 17.7 Å². The molecule has 2 aromatic carbocycles. The molecule has 0 saturated heterocycles. The summed E-state index contributed by atoms with van der Waals surface area (Å²) in [6.45, 7) is 1.93. The predicted molar refractivity (Wildman–Crippen MR) is 80.7 cm³/mol. The van der Waals surface area contributed by atoms with Crippen molar-refractivity contribution in [2.24, 2.45) is 0 Å². The summed E-state index contributed by atoms with van der Waals surface area (Å²) in [7, 11) is 1.80. The van der Waals surface area contributed by atoms with E-state index in [1.165, 1.54) is 12.1 Å². The van der Waals surface area contributed by atoms with Crippen molar-refractivity contribution in [1.29, 1.82) is 0 Å². The Kier molecular flexibility index (Phi) is 4.89. The maximum atomic E-state index is 13.9. The topological polar surface area (TPSA) is 12.0 Å². The molecule has 2 rings (SSSR count). The monoisotopic (exact) mass is 339 g/mol. The van der Waals surface area contributed by atoms with Gasteiger partial charge in [0.1, 0.15) is 11.6 Å². The first-order valence-electron chi connectivity index (χ1n) is 6.38. The zero-order valence-corrected chi connectivity index (χ0v) is 13.0. The average Bonchev–Trinajstić information content (AvgIpc) is 2.43. The van der Waals surface area contributed by atoms with E-state index in [2.05, 4.69) is 21.2 Å². The molecule has 2 aromatic rings. The molecule has 0 fully saturated rings. The summed E-state index contributed by atoms with van der Waals surface area (Å²) in [6.07, 6.45) is 0.593. The molecular formula is C16H16BrF2N. The Morgan fingerprint density at radius 2 is 1.80 bits per heavy atom. The van der Waals surface area contributed by atoms with Gasteiger partial charge in [-0.2, -0.15) is 0 Å². The molecule has 0 heterocycles. The minimum Gasteiger partial charge on any atom is -0.313 e. The second-order valence-corrected chi connectivity index (χ2v) is 5.67. The third-order valence-corrected chi connectivity index (χ3v) is 3.91. The highest BCUT2D eigenvalue weighted by Crippen LogP contribution is 2.24. The SMILES string of the molecule is CNC(Cc1ccc(F)c(Br)c1)c1cc(C)ccc1F. The van der Waals surface area contributed by atoms with Gasteiger partial charge in [-0.25, -0.2) is 8.78 Å². The first-order valence-corrected chi connectivity index (χ1v) is 7.18. The van der Waals surface area contributed by atoms with Crippen LogP contribution in [-0.4, -0.2) is 7.05 Å². The van der Waals surface area contributed by atoms with Gasteiger partial charge in [0.2, 0.25) is 0 Å². The average molecular weight is 340 g/mol. The van der Waals surface area contributed by atoms with Crippen LogP contribution in [0.25, 0.3) is 0 Å². The highest BCUT2D eigenvalue weighted by Gasteiger charge is 2.15. The largest absolute Gasteiger partial charge is 0.313 e. The number of aryl methyl sites for hydroxylation is 1. The number of hydrogen-bond acceptors (Lipinski definition) is 1. The van der Waals surface area contributed by atoms with E-state index >= 15 is 0 Å². The molecule has 0 aliphatic rings. The summed E-state index contributed by atoms with van der Waals surface area (Å²) < 4.78 is 27.6. The molecule has 0 aliphatic heterocycles. The Balaban J connectivity index is 2.28. The van der Waals surface area contributed by atoms with Crippen LogP contribution >= 0.6 is 15.9 Å². The molecule has 1 N–H and O–H groups in total. The van der Waals surface area contributed by atoms with Crippen molar-refractivity contribution in [3.63, 3.8) is 0 Å². The van der Waals surface area contributed by atoms with Crippen molar-refractivity contribution in [1.82, 2.24) is 5.32 Å². The fourth-order valence-electron chi connectivity index (χ4n) is 2.20. The molecule has 20 heavy (non-hydrogen) atoms. The number of halogens is 3. The van der Waals surface area contributed by atoms with Gasteiger partial charge >= 0.3 is 0 Å². The first kappa shape index (κ1) is 15.1. The van der Waals surface area contributed by atoms with E-state index in [0.29, 0.717) is 16.5 Å². The fourth-order valence-corrected chi connectivity index (χ4v) is 2.63. The lowest BCUT2D eigenvalue weighted by molar-refractivity contribution is 0.532. The van der Waals surface area contributed by atoms with Crippen LogP contribution in [0.15, 0.2) is 40.9 Å². The zero-order chi connectivity index (χ0) is 14.7. The molecule has 0 aliphatic carbocycles. The second kappa shape index (κ2) is 6.46. The van der Waals surface area contributed by atoms with Crippen LogP contribution < -0.4 is 5.32 Å². The van der Waals surface area contributed by atoms with Gasteiger partial charge in [0.25, 0.3) is 0 Å². The first-order chi connectivity index (χ1) is 9.51. The number of nitrogens with one attached hydrogen (secondary N) is 1. The quantitative estimate of drug-likeness (QED) is 0.862. The Morgan fingerprint density at radius 1 is 1.10 bits per heavy atom. The van der Waals surface area contributed by atoms with Crippen LogP contribution in [0.3, 0.4) is 0 Å². The van der Waals surface area contributed by atoms with Crippen LogP contribution in [-0.2, 0) is 6.42 Å². The molecular weight excluding hydrogens is 324 g/mol. The van der Waals surface area contributed by atoms with Gasteiger partial charge < -0.3 is 5.32 Å². The maximum Gasteiger partial charge on any atom is 0.137 e. The van der Waals surface area contributed by atoms with E-state index in [0.717, 1.165) is 11.1 Å². The van der Waals surface area contributed by atoms with Crippen LogP contribution in [0.5, 0.6) is 0 Å². The molecule has 106 valence electrons.